The molecule has 1 heterocycles. The molecule has 0 spiro atoms. The molecule has 0 amide bonds. The Morgan fingerprint density at radius 2 is 2.24 bits per heavy atom. The Morgan fingerprint density at radius 3 is 3.06 bits per heavy atom. The minimum absolute atomic E-state index is 0.409. The smallest absolute Gasteiger partial charge is 0.408 e. The lowest BCUT2D eigenvalue weighted by Gasteiger charge is -2.04. The first-order valence-electron chi connectivity index (χ1n) is 5.82. The molecule has 0 saturated carbocycles. The highest BCUT2D eigenvalue weighted by Crippen LogP contribution is 2.11. The molecule has 0 aliphatic heterocycles. The maximum atomic E-state index is 11.0. The first-order valence-corrected chi connectivity index (χ1v) is 5.82. The van der Waals surface area contributed by atoms with Gasteiger partial charge in [0.15, 0.2) is 5.58 Å². The maximum absolute atomic E-state index is 11.0. The largest absolute Gasteiger partial charge is 0.417 e. The molecule has 1 aromatic carbocycles. The van der Waals surface area contributed by atoms with Gasteiger partial charge in [0.2, 0.25) is 0 Å². The molecule has 5 heteroatoms. The average molecular weight is 235 g/mol. The van der Waals surface area contributed by atoms with Gasteiger partial charge in [-0.15, -0.1) is 0 Å². The number of rotatable bonds is 6. The summed E-state index contributed by atoms with van der Waals surface area (Å²) in [6, 6.07) is 5.69. The summed E-state index contributed by atoms with van der Waals surface area (Å²) in [6.07, 6.45) is 2.13. The van der Waals surface area contributed by atoms with Gasteiger partial charge in [-0.2, -0.15) is 0 Å². The second-order valence-electron chi connectivity index (χ2n) is 4.02. The van der Waals surface area contributed by atoms with Crippen molar-refractivity contribution in [1.29, 1.82) is 0 Å². The first-order chi connectivity index (χ1) is 8.29. The minimum atomic E-state index is -0.409. The van der Waals surface area contributed by atoms with Crippen LogP contribution in [0.3, 0.4) is 0 Å². The fourth-order valence-corrected chi connectivity index (χ4v) is 1.74. The molecule has 0 radical (unpaired) electrons. The summed E-state index contributed by atoms with van der Waals surface area (Å²) in [5, 5.41) is 3.33. The Labute approximate surface area is 99.0 Å². The van der Waals surface area contributed by atoms with Crippen molar-refractivity contribution in [3.05, 3.63) is 34.3 Å². The molecule has 4 N–H and O–H groups in total. The highest BCUT2D eigenvalue weighted by molar-refractivity contribution is 5.72. The van der Waals surface area contributed by atoms with Crippen molar-refractivity contribution in [2.45, 2.75) is 19.4 Å². The van der Waals surface area contributed by atoms with Crippen molar-refractivity contribution < 1.29 is 4.42 Å². The molecule has 5 nitrogen and oxygen atoms in total. The predicted octanol–water partition coefficient (Wildman–Crippen LogP) is 0.950. The van der Waals surface area contributed by atoms with Gasteiger partial charge in [0.1, 0.15) is 0 Å². The number of aromatic amines is 1. The highest BCUT2D eigenvalue weighted by atomic mass is 16.4. The fourth-order valence-electron chi connectivity index (χ4n) is 1.74. The van der Waals surface area contributed by atoms with E-state index in [0.29, 0.717) is 5.58 Å². The number of hydrogen-bond acceptors (Lipinski definition) is 4. The molecular formula is C12H17N3O2. The SMILES string of the molecule is NCCCCNCc1ccc2oc(=O)[nH]c2c1. The summed E-state index contributed by atoms with van der Waals surface area (Å²) in [5.41, 5.74) is 7.89. The zero-order chi connectivity index (χ0) is 12.1. The number of oxazole rings is 1. The first kappa shape index (κ1) is 11.9. The fraction of sp³-hybridized carbons (Fsp3) is 0.417. The molecule has 0 fully saturated rings. The van der Waals surface area contributed by atoms with Gasteiger partial charge in [-0.05, 0) is 43.6 Å². The van der Waals surface area contributed by atoms with Crippen molar-refractivity contribution in [3.8, 4) is 0 Å². The van der Waals surface area contributed by atoms with Gasteiger partial charge in [-0.1, -0.05) is 6.07 Å². The number of fused-ring (bicyclic) bond motifs is 1. The van der Waals surface area contributed by atoms with E-state index in [2.05, 4.69) is 10.3 Å². The molecule has 2 rings (SSSR count). The topological polar surface area (TPSA) is 84.0 Å². The molecule has 0 saturated heterocycles. The summed E-state index contributed by atoms with van der Waals surface area (Å²) >= 11 is 0. The van der Waals surface area contributed by atoms with E-state index in [0.717, 1.165) is 43.6 Å². The molecule has 0 aliphatic carbocycles. The monoisotopic (exact) mass is 235 g/mol. The second-order valence-corrected chi connectivity index (χ2v) is 4.02. The van der Waals surface area contributed by atoms with E-state index in [-0.39, 0.29) is 0 Å². The lowest BCUT2D eigenvalue weighted by molar-refractivity contribution is 0.555. The van der Waals surface area contributed by atoms with Crippen LogP contribution < -0.4 is 16.8 Å². The Bertz CT molecular complexity index is 530. The van der Waals surface area contributed by atoms with E-state index in [9.17, 15) is 4.79 Å². The van der Waals surface area contributed by atoms with E-state index < -0.39 is 5.76 Å². The molecule has 0 unspecified atom stereocenters. The quantitative estimate of drug-likeness (QED) is 0.651. The zero-order valence-corrected chi connectivity index (χ0v) is 9.66. The summed E-state index contributed by atoms with van der Waals surface area (Å²) in [7, 11) is 0. The third-order valence-electron chi connectivity index (χ3n) is 2.62. The predicted molar refractivity (Wildman–Crippen MR) is 66.8 cm³/mol. The van der Waals surface area contributed by atoms with Crippen LogP contribution in [0.2, 0.25) is 0 Å². The van der Waals surface area contributed by atoms with Crippen LogP contribution in [-0.4, -0.2) is 18.1 Å². The number of nitrogens with one attached hydrogen (secondary N) is 2. The summed E-state index contributed by atoms with van der Waals surface area (Å²) < 4.78 is 4.94. The Hall–Kier alpha value is -1.59. The number of aromatic nitrogens is 1. The molecule has 17 heavy (non-hydrogen) atoms. The number of H-pyrrole nitrogens is 1. The van der Waals surface area contributed by atoms with E-state index in [1.807, 2.05) is 18.2 Å². The van der Waals surface area contributed by atoms with Crippen LogP contribution in [-0.2, 0) is 6.54 Å². The third-order valence-corrected chi connectivity index (χ3v) is 2.62. The molecule has 0 atom stereocenters. The van der Waals surface area contributed by atoms with Crippen LogP contribution in [0, 0.1) is 0 Å². The van der Waals surface area contributed by atoms with Crippen molar-refractivity contribution in [2.24, 2.45) is 5.73 Å². The summed E-state index contributed by atoms with van der Waals surface area (Å²) in [4.78, 5) is 13.6. The zero-order valence-electron chi connectivity index (χ0n) is 9.66. The van der Waals surface area contributed by atoms with Gasteiger partial charge in [-0.25, -0.2) is 4.79 Å². The number of benzene rings is 1. The molecular weight excluding hydrogens is 218 g/mol. The van der Waals surface area contributed by atoms with Gasteiger partial charge in [0, 0.05) is 6.54 Å². The number of unbranched alkanes of at least 4 members (excludes halogenated alkanes) is 1. The van der Waals surface area contributed by atoms with E-state index in [1.54, 1.807) is 0 Å². The van der Waals surface area contributed by atoms with Crippen LogP contribution in [0.5, 0.6) is 0 Å². The molecule has 1 aromatic heterocycles. The summed E-state index contributed by atoms with van der Waals surface area (Å²) in [5.74, 6) is -0.409. The number of hydrogen-bond donors (Lipinski definition) is 3. The van der Waals surface area contributed by atoms with Gasteiger partial charge >= 0.3 is 5.76 Å². The van der Waals surface area contributed by atoms with Crippen LogP contribution in [0.4, 0.5) is 0 Å². The third kappa shape index (κ3) is 3.18. The van der Waals surface area contributed by atoms with Crippen molar-refractivity contribution in [2.75, 3.05) is 13.1 Å². The van der Waals surface area contributed by atoms with Crippen LogP contribution in [0.1, 0.15) is 18.4 Å². The van der Waals surface area contributed by atoms with Gasteiger partial charge in [0.25, 0.3) is 0 Å². The summed E-state index contributed by atoms with van der Waals surface area (Å²) in [6.45, 7) is 2.48. The maximum Gasteiger partial charge on any atom is 0.417 e. The van der Waals surface area contributed by atoms with E-state index in [4.69, 9.17) is 10.2 Å². The standard InChI is InChI=1S/C12H17N3O2/c13-5-1-2-6-14-8-9-3-4-11-10(7-9)15-12(16)17-11/h3-4,7,14H,1-2,5-6,8,13H2,(H,15,16). The van der Waals surface area contributed by atoms with Gasteiger partial charge < -0.3 is 15.5 Å². The molecule has 2 aromatic rings. The Kier molecular flexibility index (Phi) is 3.95. The van der Waals surface area contributed by atoms with Crippen LogP contribution in [0.25, 0.3) is 11.1 Å². The Balaban J connectivity index is 1.92. The lowest BCUT2D eigenvalue weighted by atomic mass is 10.2. The molecule has 92 valence electrons. The Morgan fingerprint density at radius 1 is 1.35 bits per heavy atom. The van der Waals surface area contributed by atoms with E-state index in [1.165, 1.54) is 0 Å². The average Bonchev–Trinajstić information content (AvgIpc) is 2.68. The van der Waals surface area contributed by atoms with E-state index >= 15 is 0 Å². The van der Waals surface area contributed by atoms with Crippen molar-refractivity contribution in [1.82, 2.24) is 10.3 Å². The lowest BCUT2D eigenvalue weighted by Crippen LogP contribution is -2.15. The van der Waals surface area contributed by atoms with Gasteiger partial charge in [0.05, 0.1) is 5.52 Å². The normalized spacial score (nSPS) is 11.1. The molecule has 0 aliphatic rings. The van der Waals surface area contributed by atoms with Crippen molar-refractivity contribution in [3.63, 3.8) is 0 Å². The van der Waals surface area contributed by atoms with Crippen LogP contribution >= 0.6 is 0 Å². The van der Waals surface area contributed by atoms with Gasteiger partial charge in [-0.3, -0.25) is 4.98 Å². The van der Waals surface area contributed by atoms with Crippen molar-refractivity contribution >= 4 is 11.1 Å². The molecule has 0 bridgehead atoms. The minimum Gasteiger partial charge on any atom is -0.408 e. The van der Waals surface area contributed by atoms with Crippen LogP contribution in [0.15, 0.2) is 27.4 Å². The highest BCUT2D eigenvalue weighted by Gasteiger charge is 2.01. The number of nitrogens with two attached hydrogens (primary N) is 1. The second kappa shape index (κ2) is 5.65.